The molecule has 1 atom stereocenters. The van der Waals surface area contributed by atoms with Gasteiger partial charge in [-0.3, -0.25) is 0 Å². The second-order valence-corrected chi connectivity index (χ2v) is 6.85. The van der Waals surface area contributed by atoms with E-state index in [1.807, 2.05) is 24.3 Å². The normalized spacial score (nSPS) is 12.1. The molecule has 0 N–H and O–H groups in total. The summed E-state index contributed by atoms with van der Waals surface area (Å²) in [5.74, 6) is 1.13. The number of ether oxygens (including phenoxy) is 2. The van der Waals surface area contributed by atoms with E-state index in [9.17, 15) is 0 Å². The Morgan fingerprint density at radius 3 is 2.24 bits per heavy atom. The smallest absolute Gasteiger partial charge is 0.145 e. The molecule has 1 unspecified atom stereocenters. The third-order valence-electron chi connectivity index (χ3n) is 3.02. The van der Waals surface area contributed by atoms with Crippen LogP contribution >= 0.6 is 55.1 Å². The maximum atomic E-state index is 6.31. The van der Waals surface area contributed by atoms with Crippen LogP contribution in [0.25, 0.3) is 0 Å². The van der Waals surface area contributed by atoms with Crippen molar-refractivity contribution in [1.29, 1.82) is 0 Å². The molecule has 0 bridgehead atoms. The SMILES string of the molecule is COc1ccc(C(Br)c2ccc(Br)cc2Cl)c(OC)c1Cl. The first-order valence-corrected chi connectivity index (χ1v) is 8.45. The van der Waals surface area contributed by atoms with Gasteiger partial charge in [0.25, 0.3) is 0 Å². The lowest BCUT2D eigenvalue weighted by Crippen LogP contribution is -2.00. The molecule has 2 rings (SSSR count). The minimum atomic E-state index is -0.142. The van der Waals surface area contributed by atoms with Gasteiger partial charge in [-0.1, -0.05) is 67.2 Å². The Hall–Kier alpha value is -0.420. The predicted molar refractivity (Wildman–Crippen MR) is 94.5 cm³/mol. The van der Waals surface area contributed by atoms with Crippen molar-refractivity contribution in [2.75, 3.05) is 14.2 Å². The zero-order valence-corrected chi connectivity index (χ0v) is 16.0. The largest absolute Gasteiger partial charge is 0.495 e. The molecule has 0 saturated heterocycles. The molecule has 2 nitrogen and oxygen atoms in total. The molecule has 6 heteroatoms. The molecule has 0 saturated carbocycles. The average Bonchev–Trinajstić information content (AvgIpc) is 2.46. The van der Waals surface area contributed by atoms with E-state index in [2.05, 4.69) is 31.9 Å². The van der Waals surface area contributed by atoms with Crippen LogP contribution < -0.4 is 9.47 Å². The Kier molecular flexibility index (Phi) is 5.83. The predicted octanol–water partition coefficient (Wildman–Crippen LogP) is 6.26. The zero-order chi connectivity index (χ0) is 15.6. The van der Waals surface area contributed by atoms with Crippen LogP contribution in [-0.2, 0) is 0 Å². The number of rotatable bonds is 4. The van der Waals surface area contributed by atoms with Gasteiger partial charge in [0.2, 0.25) is 0 Å². The second kappa shape index (κ2) is 7.23. The van der Waals surface area contributed by atoms with Crippen LogP contribution in [0.4, 0.5) is 0 Å². The van der Waals surface area contributed by atoms with Crippen LogP contribution in [0.5, 0.6) is 11.5 Å². The van der Waals surface area contributed by atoms with E-state index in [1.54, 1.807) is 20.3 Å². The molecule has 0 aliphatic heterocycles. The Morgan fingerprint density at radius 1 is 1.00 bits per heavy atom. The van der Waals surface area contributed by atoms with Crippen LogP contribution in [-0.4, -0.2) is 14.2 Å². The second-order valence-electron chi connectivity index (χ2n) is 4.23. The van der Waals surface area contributed by atoms with E-state index in [4.69, 9.17) is 32.7 Å². The highest BCUT2D eigenvalue weighted by molar-refractivity contribution is 9.10. The fourth-order valence-corrected chi connectivity index (χ4v) is 3.99. The number of benzene rings is 2. The Morgan fingerprint density at radius 2 is 1.67 bits per heavy atom. The van der Waals surface area contributed by atoms with Crippen molar-refractivity contribution < 1.29 is 9.47 Å². The standard InChI is InChI=1S/C15H12Br2Cl2O2/c1-20-12-6-5-10(15(21-2)14(12)19)13(17)9-4-3-8(16)7-11(9)18/h3-7,13H,1-2H3. The van der Waals surface area contributed by atoms with Crippen LogP contribution in [0.15, 0.2) is 34.8 Å². The minimum Gasteiger partial charge on any atom is -0.495 e. The molecule has 0 aliphatic rings. The van der Waals surface area contributed by atoms with Gasteiger partial charge in [-0.25, -0.2) is 0 Å². The van der Waals surface area contributed by atoms with Crippen molar-refractivity contribution in [2.24, 2.45) is 0 Å². The van der Waals surface area contributed by atoms with Crippen molar-refractivity contribution in [3.8, 4) is 11.5 Å². The molecule has 2 aromatic rings. The fourth-order valence-electron chi connectivity index (χ4n) is 1.99. The van der Waals surface area contributed by atoms with Gasteiger partial charge in [-0.2, -0.15) is 0 Å². The third kappa shape index (κ3) is 3.50. The zero-order valence-electron chi connectivity index (χ0n) is 11.3. The van der Waals surface area contributed by atoms with Gasteiger partial charge < -0.3 is 9.47 Å². The monoisotopic (exact) mass is 452 g/mol. The number of hydrogen-bond donors (Lipinski definition) is 0. The Bertz CT molecular complexity index is 662. The van der Waals surface area contributed by atoms with Gasteiger partial charge in [0.1, 0.15) is 16.5 Å². The van der Waals surface area contributed by atoms with Gasteiger partial charge in [0.15, 0.2) is 0 Å². The van der Waals surface area contributed by atoms with Crippen LogP contribution in [0.3, 0.4) is 0 Å². The van der Waals surface area contributed by atoms with Crippen molar-refractivity contribution in [3.63, 3.8) is 0 Å². The molecule has 112 valence electrons. The van der Waals surface area contributed by atoms with E-state index < -0.39 is 0 Å². The molecule has 0 aliphatic carbocycles. The van der Waals surface area contributed by atoms with Crippen molar-refractivity contribution in [3.05, 3.63) is 56.0 Å². The summed E-state index contributed by atoms with van der Waals surface area (Å²) in [6.07, 6.45) is 0. The summed E-state index contributed by atoms with van der Waals surface area (Å²) >= 11 is 19.7. The summed E-state index contributed by atoms with van der Waals surface area (Å²) < 4.78 is 11.6. The maximum absolute atomic E-state index is 6.31. The van der Waals surface area contributed by atoms with E-state index in [0.29, 0.717) is 21.5 Å². The van der Waals surface area contributed by atoms with Gasteiger partial charge in [-0.15, -0.1) is 0 Å². The molecule has 0 fully saturated rings. The van der Waals surface area contributed by atoms with E-state index >= 15 is 0 Å². The van der Waals surface area contributed by atoms with Gasteiger partial charge in [-0.05, 0) is 23.8 Å². The molecule has 0 aromatic heterocycles. The lowest BCUT2D eigenvalue weighted by molar-refractivity contribution is 0.392. The molecule has 0 heterocycles. The van der Waals surface area contributed by atoms with Gasteiger partial charge in [0.05, 0.1) is 19.0 Å². The fraction of sp³-hybridized carbons (Fsp3) is 0.200. The first-order chi connectivity index (χ1) is 9.99. The number of halogens is 4. The molecule has 0 radical (unpaired) electrons. The Balaban J connectivity index is 2.52. The van der Waals surface area contributed by atoms with Crippen molar-refractivity contribution in [1.82, 2.24) is 0 Å². The molecule has 2 aromatic carbocycles. The van der Waals surface area contributed by atoms with Crippen molar-refractivity contribution in [2.45, 2.75) is 4.83 Å². The molecular weight excluding hydrogens is 443 g/mol. The highest BCUT2D eigenvalue weighted by atomic mass is 79.9. The van der Waals surface area contributed by atoms with Gasteiger partial charge in [0, 0.05) is 15.1 Å². The van der Waals surface area contributed by atoms with Crippen molar-refractivity contribution >= 4 is 55.1 Å². The van der Waals surface area contributed by atoms with Gasteiger partial charge >= 0.3 is 0 Å². The molecule has 21 heavy (non-hydrogen) atoms. The summed E-state index contributed by atoms with van der Waals surface area (Å²) in [6, 6.07) is 9.45. The van der Waals surface area contributed by atoms with E-state index in [-0.39, 0.29) is 4.83 Å². The van der Waals surface area contributed by atoms with E-state index in [0.717, 1.165) is 15.6 Å². The third-order valence-corrected chi connectivity index (χ3v) is 5.19. The highest BCUT2D eigenvalue weighted by Gasteiger charge is 2.21. The summed E-state index contributed by atoms with van der Waals surface area (Å²) in [5.41, 5.74) is 1.81. The Labute approximate surface area is 150 Å². The molecule has 0 amide bonds. The summed E-state index contributed by atoms with van der Waals surface area (Å²) in [7, 11) is 3.14. The topological polar surface area (TPSA) is 18.5 Å². The lowest BCUT2D eigenvalue weighted by atomic mass is 10.0. The maximum Gasteiger partial charge on any atom is 0.145 e. The number of alkyl halides is 1. The van der Waals surface area contributed by atoms with Crippen LogP contribution in [0.2, 0.25) is 10.0 Å². The number of methoxy groups -OCH3 is 2. The first kappa shape index (κ1) is 16.9. The summed E-state index contributed by atoms with van der Waals surface area (Å²) in [4.78, 5) is -0.142. The summed E-state index contributed by atoms with van der Waals surface area (Å²) in [5, 5.41) is 1.09. The lowest BCUT2D eigenvalue weighted by Gasteiger charge is -2.18. The molecular formula is C15H12Br2Cl2O2. The first-order valence-electron chi connectivity index (χ1n) is 5.99. The number of hydrogen-bond acceptors (Lipinski definition) is 2. The van der Waals surface area contributed by atoms with E-state index in [1.165, 1.54) is 0 Å². The quantitative estimate of drug-likeness (QED) is 0.508. The highest BCUT2D eigenvalue weighted by Crippen LogP contribution is 2.45. The molecule has 0 spiro atoms. The van der Waals surface area contributed by atoms with Crippen LogP contribution in [0.1, 0.15) is 16.0 Å². The minimum absolute atomic E-state index is 0.142. The average molecular weight is 455 g/mol. The van der Waals surface area contributed by atoms with Crippen LogP contribution in [0, 0.1) is 0 Å². The summed E-state index contributed by atoms with van der Waals surface area (Å²) in [6.45, 7) is 0.